The van der Waals surface area contributed by atoms with E-state index in [0.29, 0.717) is 11.5 Å². The van der Waals surface area contributed by atoms with Crippen molar-refractivity contribution < 1.29 is 14.3 Å². The van der Waals surface area contributed by atoms with Crippen molar-refractivity contribution in [2.45, 2.75) is 25.4 Å². The van der Waals surface area contributed by atoms with E-state index in [2.05, 4.69) is 5.32 Å². The Hall–Kier alpha value is -1.75. The minimum absolute atomic E-state index is 0.0229. The number of amides is 1. The lowest BCUT2D eigenvalue weighted by atomic mass is 10.1. The fraction of sp³-hybridized carbons (Fsp3) is 0.500. The molecule has 0 radical (unpaired) electrons. The van der Waals surface area contributed by atoms with Crippen LogP contribution in [0.3, 0.4) is 0 Å². The summed E-state index contributed by atoms with van der Waals surface area (Å²) >= 11 is 0. The standard InChI is InChI=1S/C14H20N2O3/c1-8(16-14(17)10-7-11(10)15)9-4-5-12(18-2)13(6-9)19-3/h4-6,8,10-11H,7,15H2,1-3H3,(H,16,17). The molecule has 19 heavy (non-hydrogen) atoms. The lowest BCUT2D eigenvalue weighted by Crippen LogP contribution is -2.30. The highest BCUT2D eigenvalue weighted by Gasteiger charge is 2.40. The lowest BCUT2D eigenvalue weighted by molar-refractivity contribution is -0.123. The van der Waals surface area contributed by atoms with Crippen molar-refractivity contribution in [3.63, 3.8) is 0 Å². The van der Waals surface area contributed by atoms with Crippen molar-refractivity contribution in [2.75, 3.05) is 14.2 Å². The quantitative estimate of drug-likeness (QED) is 0.839. The Morgan fingerprint density at radius 1 is 1.37 bits per heavy atom. The summed E-state index contributed by atoms with van der Waals surface area (Å²) in [6.07, 6.45) is 0.782. The van der Waals surface area contributed by atoms with Gasteiger partial charge in [-0.25, -0.2) is 0 Å². The predicted molar refractivity (Wildman–Crippen MR) is 72.2 cm³/mol. The first kappa shape index (κ1) is 13.7. The number of hydrogen-bond donors (Lipinski definition) is 2. The molecule has 0 aliphatic heterocycles. The Labute approximate surface area is 113 Å². The molecule has 3 unspecified atom stereocenters. The highest BCUT2D eigenvalue weighted by atomic mass is 16.5. The molecular formula is C14H20N2O3. The van der Waals surface area contributed by atoms with Crippen molar-refractivity contribution >= 4 is 5.91 Å². The number of rotatable bonds is 5. The van der Waals surface area contributed by atoms with Crippen molar-refractivity contribution in [3.8, 4) is 11.5 Å². The Morgan fingerprint density at radius 2 is 2.00 bits per heavy atom. The van der Waals surface area contributed by atoms with Gasteiger partial charge in [0.25, 0.3) is 0 Å². The molecule has 1 saturated carbocycles. The fourth-order valence-electron chi connectivity index (χ4n) is 2.04. The van der Waals surface area contributed by atoms with Crippen LogP contribution < -0.4 is 20.5 Å². The van der Waals surface area contributed by atoms with Crippen LogP contribution in [0.5, 0.6) is 11.5 Å². The minimum atomic E-state index is -0.0832. The Balaban J connectivity index is 2.06. The third-order valence-corrected chi connectivity index (χ3v) is 3.44. The number of ether oxygens (including phenoxy) is 2. The molecule has 1 aliphatic rings. The average Bonchev–Trinajstić information content (AvgIpc) is 3.15. The zero-order chi connectivity index (χ0) is 14.0. The van der Waals surface area contributed by atoms with Gasteiger partial charge in [-0.05, 0) is 31.0 Å². The average molecular weight is 264 g/mol. The number of nitrogens with one attached hydrogen (secondary N) is 1. The molecule has 0 saturated heterocycles. The number of benzene rings is 1. The van der Waals surface area contributed by atoms with Gasteiger partial charge in [0, 0.05) is 6.04 Å². The van der Waals surface area contributed by atoms with Crippen molar-refractivity contribution in [2.24, 2.45) is 11.7 Å². The van der Waals surface area contributed by atoms with Gasteiger partial charge in [0.2, 0.25) is 5.91 Å². The zero-order valence-corrected chi connectivity index (χ0v) is 11.5. The van der Waals surface area contributed by atoms with Crippen LogP contribution in [-0.2, 0) is 4.79 Å². The highest BCUT2D eigenvalue weighted by Crippen LogP contribution is 2.31. The number of carbonyl (C=O) groups excluding carboxylic acids is 1. The van der Waals surface area contributed by atoms with E-state index in [9.17, 15) is 4.79 Å². The second kappa shape index (κ2) is 5.48. The summed E-state index contributed by atoms with van der Waals surface area (Å²) in [5.41, 5.74) is 6.64. The lowest BCUT2D eigenvalue weighted by Gasteiger charge is -2.16. The first-order chi connectivity index (χ1) is 9.06. The number of hydrogen-bond acceptors (Lipinski definition) is 4. The summed E-state index contributed by atoms with van der Waals surface area (Å²) in [6, 6.07) is 5.56. The zero-order valence-electron chi connectivity index (χ0n) is 11.5. The van der Waals surface area contributed by atoms with Gasteiger partial charge in [0.15, 0.2) is 11.5 Å². The Morgan fingerprint density at radius 3 is 2.53 bits per heavy atom. The van der Waals surface area contributed by atoms with Crippen LogP contribution in [0.15, 0.2) is 18.2 Å². The second-order valence-electron chi connectivity index (χ2n) is 4.85. The monoisotopic (exact) mass is 264 g/mol. The topological polar surface area (TPSA) is 73.6 Å². The van der Waals surface area contributed by atoms with Crippen LogP contribution in [0.1, 0.15) is 24.9 Å². The van der Waals surface area contributed by atoms with Crippen LogP contribution in [0.25, 0.3) is 0 Å². The maximum absolute atomic E-state index is 11.8. The van der Waals surface area contributed by atoms with E-state index in [-0.39, 0.29) is 23.9 Å². The molecule has 0 heterocycles. The van der Waals surface area contributed by atoms with Gasteiger partial charge in [0.1, 0.15) is 0 Å². The normalized spacial score (nSPS) is 22.5. The summed E-state index contributed by atoms with van der Waals surface area (Å²) in [6.45, 7) is 1.94. The van der Waals surface area contributed by atoms with E-state index >= 15 is 0 Å². The summed E-state index contributed by atoms with van der Waals surface area (Å²) < 4.78 is 10.4. The molecule has 3 N–H and O–H groups in total. The molecule has 1 fully saturated rings. The van der Waals surface area contributed by atoms with Gasteiger partial charge in [0.05, 0.1) is 26.2 Å². The first-order valence-corrected chi connectivity index (χ1v) is 6.34. The van der Waals surface area contributed by atoms with Crippen LogP contribution in [0.4, 0.5) is 0 Å². The summed E-state index contributed by atoms with van der Waals surface area (Å²) in [5.74, 6) is 1.33. The van der Waals surface area contributed by atoms with Gasteiger partial charge in [-0.2, -0.15) is 0 Å². The highest BCUT2D eigenvalue weighted by molar-refractivity contribution is 5.82. The Bertz CT molecular complexity index is 476. The van der Waals surface area contributed by atoms with Crippen LogP contribution >= 0.6 is 0 Å². The smallest absolute Gasteiger partial charge is 0.225 e. The third kappa shape index (κ3) is 2.98. The van der Waals surface area contributed by atoms with Gasteiger partial charge in [-0.3, -0.25) is 4.79 Å². The van der Waals surface area contributed by atoms with E-state index in [1.165, 1.54) is 0 Å². The van der Waals surface area contributed by atoms with Crippen molar-refractivity contribution in [1.82, 2.24) is 5.32 Å². The summed E-state index contributed by atoms with van der Waals surface area (Å²) in [5, 5.41) is 2.96. The van der Waals surface area contributed by atoms with E-state index in [1.807, 2.05) is 25.1 Å². The maximum atomic E-state index is 11.8. The number of carbonyl (C=O) groups is 1. The molecule has 5 nitrogen and oxygen atoms in total. The van der Waals surface area contributed by atoms with Gasteiger partial charge in [-0.1, -0.05) is 6.07 Å². The fourth-order valence-corrected chi connectivity index (χ4v) is 2.04. The molecule has 0 bridgehead atoms. The van der Waals surface area contributed by atoms with Crippen molar-refractivity contribution in [1.29, 1.82) is 0 Å². The maximum Gasteiger partial charge on any atom is 0.225 e. The molecule has 1 aromatic rings. The SMILES string of the molecule is COc1ccc(C(C)NC(=O)C2CC2N)cc1OC. The van der Waals surface area contributed by atoms with E-state index in [1.54, 1.807) is 14.2 Å². The predicted octanol–water partition coefficient (Wildman–Crippen LogP) is 1.23. The molecule has 0 aromatic heterocycles. The molecule has 1 aromatic carbocycles. The molecule has 0 spiro atoms. The van der Waals surface area contributed by atoms with E-state index < -0.39 is 0 Å². The van der Waals surface area contributed by atoms with Crippen LogP contribution in [0.2, 0.25) is 0 Å². The number of methoxy groups -OCH3 is 2. The molecule has 2 rings (SSSR count). The second-order valence-corrected chi connectivity index (χ2v) is 4.85. The number of nitrogens with two attached hydrogens (primary N) is 1. The van der Waals surface area contributed by atoms with E-state index in [0.717, 1.165) is 12.0 Å². The Kier molecular flexibility index (Phi) is 3.95. The third-order valence-electron chi connectivity index (χ3n) is 3.44. The van der Waals surface area contributed by atoms with Crippen LogP contribution in [0, 0.1) is 5.92 Å². The van der Waals surface area contributed by atoms with Gasteiger partial charge >= 0.3 is 0 Å². The molecule has 1 amide bonds. The largest absolute Gasteiger partial charge is 0.493 e. The van der Waals surface area contributed by atoms with Gasteiger partial charge < -0.3 is 20.5 Å². The molecular weight excluding hydrogens is 244 g/mol. The molecule has 104 valence electrons. The summed E-state index contributed by atoms with van der Waals surface area (Å²) in [7, 11) is 3.19. The summed E-state index contributed by atoms with van der Waals surface area (Å²) in [4.78, 5) is 11.8. The first-order valence-electron chi connectivity index (χ1n) is 6.34. The van der Waals surface area contributed by atoms with Crippen molar-refractivity contribution in [3.05, 3.63) is 23.8 Å². The minimum Gasteiger partial charge on any atom is -0.493 e. The van der Waals surface area contributed by atoms with E-state index in [4.69, 9.17) is 15.2 Å². The van der Waals surface area contributed by atoms with Crippen LogP contribution in [-0.4, -0.2) is 26.2 Å². The molecule has 5 heteroatoms. The molecule has 1 aliphatic carbocycles. The van der Waals surface area contributed by atoms with Gasteiger partial charge in [-0.15, -0.1) is 0 Å². The molecule has 3 atom stereocenters.